The number of hydrogen-bond donors (Lipinski definition) is 0. The van der Waals surface area contributed by atoms with Crippen molar-refractivity contribution in [1.82, 2.24) is 10.1 Å². The van der Waals surface area contributed by atoms with E-state index in [4.69, 9.17) is 9.26 Å². The molecule has 0 saturated heterocycles. The summed E-state index contributed by atoms with van der Waals surface area (Å²) in [7, 11) is 1.67. The van der Waals surface area contributed by atoms with Gasteiger partial charge in [-0.15, -0.1) is 0 Å². The summed E-state index contributed by atoms with van der Waals surface area (Å²) in [5.41, 5.74) is 3.20. The highest BCUT2D eigenvalue weighted by molar-refractivity contribution is 5.95. The van der Waals surface area contributed by atoms with Crippen LogP contribution in [0.25, 0.3) is 11.1 Å². The molecule has 6 heteroatoms. The van der Waals surface area contributed by atoms with Crippen LogP contribution >= 0.6 is 0 Å². The molecule has 1 fully saturated rings. The van der Waals surface area contributed by atoms with Crippen LogP contribution in [0.15, 0.2) is 53.1 Å². The van der Waals surface area contributed by atoms with E-state index in [1.54, 1.807) is 7.11 Å². The quantitative estimate of drug-likeness (QED) is 0.328. The largest absolute Gasteiger partial charge is 0.497 e. The van der Waals surface area contributed by atoms with Crippen molar-refractivity contribution in [2.75, 3.05) is 18.6 Å². The zero-order valence-electron chi connectivity index (χ0n) is 20.3. The van der Waals surface area contributed by atoms with Crippen LogP contribution < -0.4 is 9.64 Å². The summed E-state index contributed by atoms with van der Waals surface area (Å²) in [6.07, 6.45) is 9.26. The highest BCUT2D eigenvalue weighted by Gasteiger charge is 2.27. The second-order valence-corrected chi connectivity index (χ2v) is 9.15. The molecule has 0 bridgehead atoms. The van der Waals surface area contributed by atoms with Crippen LogP contribution in [-0.2, 0) is 11.2 Å². The fraction of sp³-hybridized carbons (Fsp3) is 0.464. The first-order valence-electron chi connectivity index (χ1n) is 12.5. The Morgan fingerprint density at radius 1 is 1.03 bits per heavy atom. The highest BCUT2D eigenvalue weighted by atomic mass is 16.5. The molecule has 180 valence electrons. The Morgan fingerprint density at radius 3 is 2.53 bits per heavy atom. The maximum absolute atomic E-state index is 13.6. The van der Waals surface area contributed by atoms with E-state index < -0.39 is 0 Å². The molecule has 0 aliphatic heterocycles. The second-order valence-electron chi connectivity index (χ2n) is 9.15. The summed E-state index contributed by atoms with van der Waals surface area (Å²) < 4.78 is 10.5. The summed E-state index contributed by atoms with van der Waals surface area (Å²) in [5.74, 6) is 2.62. The number of anilines is 1. The zero-order valence-corrected chi connectivity index (χ0v) is 20.3. The van der Waals surface area contributed by atoms with Crippen molar-refractivity contribution in [2.24, 2.45) is 5.92 Å². The van der Waals surface area contributed by atoms with Crippen molar-refractivity contribution in [3.63, 3.8) is 0 Å². The lowest BCUT2D eigenvalue weighted by Gasteiger charge is -2.30. The number of rotatable bonds is 10. The van der Waals surface area contributed by atoms with E-state index in [2.05, 4.69) is 40.5 Å². The van der Waals surface area contributed by atoms with Crippen LogP contribution in [0.2, 0.25) is 0 Å². The molecule has 1 amide bonds. The summed E-state index contributed by atoms with van der Waals surface area (Å²) in [6.45, 7) is 2.56. The minimum absolute atomic E-state index is 0.139. The number of aryl methyl sites for hydroxylation is 2. The molecule has 1 aliphatic rings. The number of benzene rings is 2. The molecule has 0 N–H and O–H groups in total. The van der Waals surface area contributed by atoms with Crippen LogP contribution in [-0.4, -0.2) is 29.7 Å². The summed E-state index contributed by atoms with van der Waals surface area (Å²) in [6, 6.07) is 16.4. The molecule has 4 rings (SSSR count). The summed E-state index contributed by atoms with van der Waals surface area (Å²) in [5, 5.41) is 3.86. The van der Waals surface area contributed by atoms with Crippen LogP contribution in [0.4, 0.5) is 5.69 Å². The molecule has 1 aliphatic carbocycles. The molecule has 0 spiro atoms. The van der Waals surface area contributed by atoms with E-state index in [0.29, 0.717) is 11.7 Å². The van der Waals surface area contributed by atoms with Gasteiger partial charge < -0.3 is 14.2 Å². The first-order chi connectivity index (χ1) is 16.6. The third kappa shape index (κ3) is 6.25. The van der Waals surface area contributed by atoms with Crippen LogP contribution in [0.1, 0.15) is 63.1 Å². The molecule has 0 atom stereocenters. The lowest BCUT2D eigenvalue weighted by molar-refractivity contribution is -0.123. The van der Waals surface area contributed by atoms with Gasteiger partial charge in [-0.3, -0.25) is 4.79 Å². The smallest absolute Gasteiger partial charge is 0.230 e. The average Bonchev–Trinajstić information content (AvgIpc) is 3.31. The number of amides is 1. The Hall–Kier alpha value is -3.15. The fourth-order valence-electron chi connectivity index (χ4n) is 4.74. The molecule has 2 aromatic carbocycles. The molecule has 1 saturated carbocycles. The first-order valence-corrected chi connectivity index (χ1v) is 12.5. The third-order valence-corrected chi connectivity index (χ3v) is 6.64. The van der Waals surface area contributed by atoms with Crippen molar-refractivity contribution in [3.8, 4) is 16.9 Å². The van der Waals surface area contributed by atoms with Crippen molar-refractivity contribution in [2.45, 2.75) is 64.7 Å². The van der Waals surface area contributed by atoms with Crippen LogP contribution in [0.5, 0.6) is 5.75 Å². The molecular formula is C28H35N3O3. The van der Waals surface area contributed by atoms with Crippen molar-refractivity contribution < 1.29 is 14.1 Å². The van der Waals surface area contributed by atoms with E-state index in [1.807, 2.05) is 30.0 Å². The van der Waals surface area contributed by atoms with E-state index in [-0.39, 0.29) is 11.8 Å². The monoisotopic (exact) mass is 461 g/mol. The van der Waals surface area contributed by atoms with E-state index >= 15 is 0 Å². The number of aromatic nitrogens is 2. The van der Waals surface area contributed by atoms with Crippen LogP contribution in [0, 0.1) is 12.8 Å². The molecule has 0 unspecified atom stereocenters. The van der Waals surface area contributed by atoms with Gasteiger partial charge in [-0.1, -0.05) is 55.1 Å². The summed E-state index contributed by atoms with van der Waals surface area (Å²) >= 11 is 0. The Bertz CT molecular complexity index is 1050. The topological polar surface area (TPSA) is 68.5 Å². The second kappa shape index (κ2) is 11.8. The minimum Gasteiger partial charge on any atom is -0.497 e. The molecule has 1 aromatic heterocycles. The highest BCUT2D eigenvalue weighted by Crippen LogP contribution is 2.31. The molecule has 34 heavy (non-hydrogen) atoms. The number of carbonyl (C=O) groups is 1. The zero-order chi connectivity index (χ0) is 23.8. The lowest BCUT2D eigenvalue weighted by atomic mass is 9.88. The number of nitrogens with zero attached hydrogens (tertiary/aromatic N) is 3. The van der Waals surface area contributed by atoms with Gasteiger partial charge >= 0.3 is 0 Å². The fourth-order valence-corrected chi connectivity index (χ4v) is 4.74. The van der Waals surface area contributed by atoms with E-state index in [1.165, 1.54) is 6.42 Å². The standard InChI is InChI=1S/C28H35N3O3/c1-21-29-27(34-30-21)14-7-4-8-19-31(28(32)23-10-5-3-6-11-23)25-13-9-12-24(20-25)22-15-17-26(33-2)18-16-22/h9,12-13,15-18,20,23H,3-8,10-11,14,19H2,1-2H3. The Morgan fingerprint density at radius 2 is 1.82 bits per heavy atom. The number of carbonyl (C=O) groups excluding carboxylic acids is 1. The SMILES string of the molecule is COc1ccc(-c2cccc(N(CCCCCc3nc(C)no3)C(=O)C3CCCCC3)c2)cc1. The average molecular weight is 462 g/mol. The number of hydrogen-bond acceptors (Lipinski definition) is 5. The van der Waals surface area contributed by atoms with Gasteiger partial charge in [0.15, 0.2) is 5.82 Å². The van der Waals surface area contributed by atoms with Gasteiger partial charge in [0.25, 0.3) is 0 Å². The van der Waals surface area contributed by atoms with Gasteiger partial charge in [-0.25, -0.2) is 0 Å². The van der Waals surface area contributed by atoms with Crippen LogP contribution in [0.3, 0.4) is 0 Å². The third-order valence-electron chi connectivity index (χ3n) is 6.64. The number of methoxy groups -OCH3 is 1. The van der Waals surface area contributed by atoms with E-state index in [9.17, 15) is 4.79 Å². The van der Waals surface area contributed by atoms with Gasteiger partial charge in [0, 0.05) is 24.6 Å². The predicted octanol–water partition coefficient (Wildman–Crippen LogP) is 6.38. The minimum atomic E-state index is 0.139. The van der Waals surface area contributed by atoms with Gasteiger partial charge in [-0.2, -0.15) is 4.98 Å². The molecule has 6 nitrogen and oxygen atoms in total. The predicted molar refractivity (Wildman–Crippen MR) is 134 cm³/mol. The van der Waals surface area contributed by atoms with Crippen molar-refractivity contribution in [1.29, 1.82) is 0 Å². The normalized spacial score (nSPS) is 14.2. The van der Waals surface area contributed by atoms with E-state index in [0.717, 1.165) is 80.5 Å². The van der Waals surface area contributed by atoms with Gasteiger partial charge in [0.05, 0.1) is 7.11 Å². The molecule has 3 aromatic rings. The summed E-state index contributed by atoms with van der Waals surface area (Å²) in [4.78, 5) is 19.9. The van der Waals surface area contributed by atoms with Crippen molar-refractivity contribution >= 4 is 11.6 Å². The maximum atomic E-state index is 13.6. The Labute approximate surface area is 202 Å². The lowest BCUT2D eigenvalue weighted by Crippen LogP contribution is -2.38. The number of ether oxygens (including phenoxy) is 1. The van der Waals surface area contributed by atoms with Gasteiger partial charge in [0.2, 0.25) is 11.8 Å². The van der Waals surface area contributed by atoms with Crippen molar-refractivity contribution in [3.05, 3.63) is 60.2 Å². The Kier molecular flexibility index (Phi) is 8.34. The first kappa shape index (κ1) is 24.0. The van der Waals surface area contributed by atoms with Gasteiger partial charge in [0.1, 0.15) is 5.75 Å². The molecular weight excluding hydrogens is 426 g/mol. The maximum Gasteiger partial charge on any atom is 0.230 e. The number of unbranched alkanes of at least 4 members (excludes halogenated alkanes) is 2. The molecule has 1 heterocycles. The molecule has 0 radical (unpaired) electrons. The van der Waals surface area contributed by atoms with Gasteiger partial charge in [-0.05, 0) is 68.0 Å². The Balaban J connectivity index is 1.46.